The first-order chi connectivity index (χ1) is 11.6. The van der Waals surface area contributed by atoms with Crippen molar-refractivity contribution in [1.29, 1.82) is 0 Å². The van der Waals surface area contributed by atoms with Crippen molar-refractivity contribution in [1.82, 2.24) is 10.2 Å². The van der Waals surface area contributed by atoms with Crippen molar-refractivity contribution in [3.05, 3.63) is 28.0 Å². The summed E-state index contributed by atoms with van der Waals surface area (Å²) in [6.07, 6.45) is 0.852. The van der Waals surface area contributed by atoms with Gasteiger partial charge in [-0.3, -0.25) is 4.79 Å². The monoisotopic (exact) mass is 415 g/mol. The minimum Gasteiger partial charge on any atom is -0.444 e. The molecule has 25 heavy (non-hydrogen) atoms. The highest BCUT2D eigenvalue weighted by molar-refractivity contribution is 9.10. The fourth-order valence-corrected chi connectivity index (χ4v) is 2.92. The lowest BCUT2D eigenvalue weighted by molar-refractivity contribution is 0.0199. The zero-order valence-electron chi connectivity index (χ0n) is 14.6. The Bertz CT molecular complexity index is 668. The van der Waals surface area contributed by atoms with Gasteiger partial charge in [-0.25, -0.2) is 9.18 Å². The van der Waals surface area contributed by atoms with Crippen molar-refractivity contribution in [2.45, 2.75) is 45.3 Å². The molecule has 0 atom stereocenters. The number of anilines is 1. The number of piperidine rings is 1. The minimum absolute atomic E-state index is 0.0997. The van der Waals surface area contributed by atoms with Crippen LogP contribution in [0, 0.1) is 5.82 Å². The third kappa shape index (κ3) is 5.32. The normalized spacial score (nSPS) is 15.8. The van der Waals surface area contributed by atoms with Crippen LogP contribution in [0.1, 0.15) is 44.0 Å². The second kappa shape index (κ2) is 7.59. The quantitative estimate of drug-likeness (QED) is 0.725. The molecule has 0 spiro atoms. The summed E-state index contributed by atoms with van der Waals surface area (Å²) in [6, 6.07) is 2.39. The number of carbonyl (C=O) groups is 2. The highest BCUT2D eigenvalue weighted by Crippen LogP contribution is 2.23. The average molecular weight is 416 g/mol. The predicted molar refractivity (Wildman–Crippen MR) is 96.8 cm³/mol. The van der Waals surface area contributed by atoms with E-state index in [0.29, 0.717) is 25.9 Å². The summed E-state index contributed by atoms with van der Waals surface area (Å²) < 4.78 is 19.2. The summed E-state index contributed by atoms with van der Waals surface area (Å²) in [7, 11) is 0. The van der Waals surface area contributed by atoms with Gasteiger partial charge in [0.1, 0.15) is 11.4 Å². The standard InChI is InChI=1S/C17H23BrFN3O3/c1-17(2,3)25-16(24)22-6-4-10(5-7-22)21-15(23)11-8-13(19)12(18)9-14(11)20/h8-10H,4-7,20H2,1-3H3,(H,21,23). The summed E-state index contributed by atoms with van der Waals surface area (Å²) in [4.78, 5) is 26.0. The van der Waals surface area contributed by atoms with Gasteiger partial charge in [0.15, 0.2) is 0 Å². The molecule has 1 aliphatic rings. The molecule has 0 aromatic heterocycles. The number of hydrogen-bond donors (Lipinski definition) is 2. The summed E-state index contributed by atoms with van der Waals surface area (Å²) in [5, 5.41) is 2.85. The molecule has 1 aromatic carbocycles. The third-order valence-corrected chi connectivity index (χ3v) is 4.43. The first kappa shape index (κ1) is 19.5. The van der Waals surface area contributed by atoms with E-state index in [-0.39, 0.29) is 27.9 Å². The van der Waals surface area contributed by atoms with E-state index in [2.05, 4.69) is 21.2 Å². The SMILES string of the molecule is CC(C)(C)OC(=O)N1CCC(NC(=O)c2cc(F)c(Br)cc2N)CC1. The van der Waals surface area contributed by atoms with Crippen LogP contribution in [0.2, 0.25) is 0 Å². The zero-order valence-corrected chi connectivity index (χ0v) is 16.2. The molecule has 0 bridgehead atoms. The zero-order chi connectivity index (χ0) is 18.8. The molecule has 1 aromatic rings. The number of nitrogens with two attached hydrogens (primary N) is 1. The number of amides is 2. The van der Waals surface area contributed by atoms with Crippen LogP contribution >= 0.6 is 15.9 Å². The number of likely N-dealkylation sites (tertiary alicyclic amines) is 1. The topological polar surface area (TPSA) is 84.7 Å². The van der Waals surface area contributed by atoms with E-state index in [1.54, 1.807) is 4.90 Å². The van der Waals surface area contributed by atoms with Crippen molar-refractivity contribution >= 4 is 33.6 Å². The molecule has 0 saturated carbocycles. The summed E-state index contributed by atoms with van der Waals surface area (Å²) >= 11 is 3.03. The van der Waals surface area contributed by atoms with Gasteiger partial charge in [-0.2, -0.15) is 0 Å². The Hall–Kier alpha value is -1.83. The van der Waals surface area contributed by atoms with E-state index in [9.17, 15) is 14.0 Å². The highest BCUT2D eigenvalue weighted by atomic mass is 79.9. The van der Waals surface area contributed by atoms with Crippen LogP contribution in [0.3, 0.4) is 0 Å². The lowest BCUT2D eigenvalue weighted by atomic mass is 10.0. The molecule has 1 saturated heterocycles. The number of nitrogen functional groups attached to an aromatic ring is 1. The molecule has 2 rings (SSSR count). The van der Waals surface area contributed by atoms with Gasteiger partial charge in [0.2, 0.25) is 0 Å². The van der Waals surface area contributed by atoms with Gasteiger partial charge in [0, 0.05) is 24.8 Å². The van der Waals surface area contributed by atoms with Crippen molar-refractivity contribution in [2.75, 3.05) is 18.8 Å². The van der Waals surface area contributed by atoms with Gasteiger partial charge < -0.3 is 20.7 Å². The molecule has 0 aliphatic carbocycles. The molecular formula is C17H23BrFN3O3. The molecule has 2 amide bonds. The molecule has 138 valence electrons. The number of carbonyl (C=O) groups excluding carboxylic acids is 2. The third-order valence-electron chi connectivity index (χ3n) is 3.82. The number of nitrogens with zero attached hydrogens (tertiary/aromatic N) is 1. The maximum absolute atomic E-state index is 13.6. The first-order valence-corrected chi connectivity index (χ1v) is 8.89. The molecule has 3 N–H and O–H groups in total. The van der Waals surface area contributed by atoms with Crippen LogP contribution in [0.15, 0.2) is 16.6 Å². The highest BCUT2D eigenvalue weighted by Gasteiger charge is 2.28. The number of nitrogens with one attached hydrogen (secondary N) is 1. The van der Waals surface area contributed by atoms with Gasteiger partial charge in [-0.15, -0.1) is 0 Å². The van der Waals surface area contributed by atoms with Gasteiger partial charge in [0.25, 0.3) is 5.91 Å². The van der Waals surface area contributed by atoms with E-state index >= 15 is 0 Å². The van der Waals surface area contributed by atoms with E-state index in [1.165, 1.54) is 6.07 Å². The molecule has 6 nitrogen and oxygen atoms in total. The molecule has 0 radical (unpaired) electrons. The molecule has 0 unspecified atom stereocenters. The smallest absolute Gasteiger partial charge is 0.410 e. The lowest BCUT2D eigenvalue weighted by Gasteiger charge is -2.33. The van der Waals surface area contributed by atoms with Crippen LogP contribution in [0.25, 0.3) is 0 Å². The van der Waals surface area contributed by atoms with Crippen LogP contribution in [0.4, 0.5) is 14.9 Å². The maximum Gasteiger partial charge on any atom is 0.410 e. The molecule has 1 fully saturated rings. The number of benzene rings is 1. The maximum atomic E-state index is 13.6. The van der Waals surface area contributed by atoms with Crippen molar-refractivity contribution < 1.29 is 18.7 Å². The summed E-state index contributed by atoms with van der Waals surface area (Å²) in [5.74, 6) is -0.960. The largest absolute Gasteiger partial charge is 0.444 e. The van der Waals surface area contributed by atoms with Crippen LogP contribution in [-0.4, -0.2) is 41.6 Å². The number of halogens is 2. The first-order valence-electron chi connectivity index (χ1n) is 8.10. The molecule has 8 heteroatoms. The Balaban J connectivity index is 1.91. The number of ether oxygens (including phenoxy) is 1. The predicted octanol–water partition coefficient (Wildman–Crippen LogP) is 3.30. The van der Waals surface area contributed by atoms with Crippen molar-refractivity contribution in [3.8, 4) is 0 Å². The van der Waals surface area contributed by atoms with E-state index in [0.717, 1.165) is 6.07 Å². The van der Waals surface area contributed by atoms with Crippen LogP contribution in [-0.2, 0) is 4.74 Å². The molecular weight excluding hydrogens is 393 g/mol. The number of rotatable bonds is 2. The number of hydrogen-bond acceptors (Lipinski definition) is 4. The van der Waals surface area contributed by atoms with Gasteiger partial charge in [-0.1, -0.05) is 0 Å². The fourth-order valence-electron chi connectivity index (χ4n) is 2.55. The summed E-state index contributed by atoms with van der Waals surface area (Å²) in [5.41, 5.74) is 5.57. The Morgan fingerprint density at radius 2 is 1.92 bits per heavy atom. The fraction of sp³-hybridized carbons (Fsp3) is 0.529. The van der Waals surface area contributed by atoms with E-state index in [1.807, 2.05) is 20.8 Å². The van der Waals surface area contributed by atoms with Gasteiger partial charge >= 0.3 is 6.09 Å². The lowest BCUT2D eigenvalue weighted by Crippen LogP contribution is -2.47. The minimum atomic E-state index is -0.543. The second-order valence-electron chi connectivity index (χ2n) is 7.07. The Morgan fingerprint density at radius 1 is 1.32 bits per heavy atom. The average Bonchev–Trinajstić information content (AvgIpc) is 2.49. The van der Waals surface area contributed by atoms with Crippen molar-refractivity contribution in [2.24, 2.45) is 0 Å². The van der Waals surface area contributed by atoms with Crippen LogP contribution < -0.4 is 11.1 Å². The Labute approximate surface area is 155 Å². The summed E-state index contributed by atoms with van der Waals surface area (Å²) in [6.45, 7) is 6.44. The molecule has 1 aliphatic heterocycles. The van der Waals surface area contributed by atoms with Crippen molar-refractivity contribution in [3.63, 3.8) is 0 Å². The van der Waals surface area contributed by atoms with E-state index < -0.39 is 17.3 Å². The van der Waals surface area contributed by atoms with E-state index in [4.69, 9.17) is 10.5 Å². The Morgan fingerprint density at radius 3 is 2.48 bits per heavy atom. The van der Waals surface area contributed by atoms with Gasteiger partial charge in [0.05, 0.1) is 10.0 Å². The van der Waals surface area contributed by atoms with Crippen LogP contribution in [0.5, 0.6) is 0 Å². The Kier molecular flexibility index (Phi) is 5.92. The van der Waals surface area contributed by atoms with Gasteiger partial charge in [-0.05, 0) is 61.7 Å². The molecule has 1 heterocycles. The second-order valence-corrected chi connectivity index (χ2v) is 7.92.